The number of thiocarbonyl (C=S) groups is 1. The van der Waals surface area contributed by atoms with Crippen molar-refractivity contribution in [1.29, 1.82) is 0 Å². The number of nitrogens with one attached hydrogen (secondary N) is 1. The third-order valence-electron chi connectivity index (χ3n) is 1.79. The topological polar surface area (TPSA) is 98.2 Å². The van der Waals surface area contributed by atoms with E-state index in [0.717, 1.165) is 0 Å². The van der Waals surface area contributed by atoms with Crippen molar-refractivity contribution < 1.29 is 9.59 Å². The van der Waals surface area contributed by atoms with Crippen molar-refractivity contribution in [2.24, 2.45) is 11.5 Å². The third kappa shape index (κ3) is 3.66. The molecule has 5 nitrogen and oxygen atoms in total. The minimum Gasteiger partial charge on any atom is -0.393 e. The lowest BCUT2D eigenvalue weighted by atomic mass is 10.2. The molecule has 0 fully saturated rings. The van der Waals surface area contributed by atoms with Gasteiger partial charge in [-0.15, -0.1) is 0 Å². The van der Waals surface area contributed by atoms with E-state index in [4.69, 9.17) is 11.5 Å². The molecular weight excluding hydrogens is 226 g/mol. The van der Waals surface area contributed by atoms with Gasteiger partial charge in [-0.1, -0.05) is 12.2 Å². The summed E-state index contributed by atoms with van der Waals surface area (Å²) in [6.45, 7) is 0. The van der Waals surface area contributed by atoms with E-state index in [9.17, 15) is 9.59 Å². The van der Waals surface area contributed by atoms with Gasteiger partial charge in [-0.05, 0) is 24.3 Å². The van der Waals surface area contributed by atoms with Crippen molar-refractivity contribution >= 4 is 34.7 Å². The number of anilines is 1. The van der Waals surface area contributed by atoms with E-state index in [1.54, 1.807) is 12.1 Å². The second-order valence-corrected chi connectivity index (χ2v) is 3.66. The van der Waals surface area contributed by atoms with Crippen LogP contribution in [0.1, 0.15) is 16.8 Å². The molecule has 0 aliphatic carbocycles. The molecule has 6 heteroatoms. The van der Waals surface area contributed by atoms with Gasteiger partial charge in [-0.3, -0.25) is 9.59 Å². The van der Waals surface area contributed by atoms with Crippen LogP contribution in [0.4, 0.5) is 5.69 Å². The fourth-order valence-electron chi connectivity index (χ4n) is 1.08. The highest BCUT2D eigenvalue weighted by molar-refractivity contribution is 7.80. The van der Waals surface area contributed by atoms with Gasteiger partial charge < -0.3 is 16.8 Å². The van der Waals surface area contributed by atoms with E-state index in [0.29, 0.717) is 11.3 Å². The number of carbonyl (C=O) groups excluding carboxylic acids is 2. The summed E-state index contributed by atoms with van der Waals surface area (Å²) in [6.07, 6.45) is -0.00704. The lowest BCUT2D eigenvalue weighted by Crippen LogP contribution is -2.20. The van der Waals surface area contributed by atoms with Gasteiger partial charge in [0, 0.05) is 11.3 Å². The van der Waals surface area contributed by atoms with Crippen molar-refractivity contribution in [3.8, 4) is 0 Å². The normalized spacial score (nSPS) is 9.50. The van der Waals surface area contributed by atoms with E-state index in [1.165, 1.54) is 12.1 Å². The molecule has 0 aliphatic rings. The maximum atomic E-state index is 11.3. The maximum absolute atomic E-state index is 11.3. The summed E-state index contributed by atoms with van der Waals surface area (Å²) >= 11 is 4.60. The summed E-state index contributed by atoms with van der Waals surface area (Å²) < 4.78 is 0. The Balaban J connectivity index is 2.65. The Kier molecular flexibility index (Phi) is 3.96. The van der Waals surface area contributed by atoms with Crippen LogP contribution in [-0.2, 0) is 4.79 Å². The summed E-state index contributed by atoms with van der Waals surface area (Å²) in [5, 5.41) is 2.58. The molecule has 0 aromatic heterocycles. The van der Waals surface area contributed by atoms with E-state index in [2.05, 4.69) is 17.5 Å². The van der Waals surface area contributed by atoms with Crippen LogP contribution in [0.3, 0.4) is 0 Å². The zero-order chi connectivity index (χ0) is 12.1. The maximum Gasteiger partial charge on any atom is 0.248 e. The molecule has 0 aliphatic heterocycles. The Labute approximate surface area is 97.8 Å². The predicted molar refractivity (Wildman–Crippen MR) is 65.0 cm³/mol. The van der Waals surface area contributed by atoms with E-state index in [-0.39, 0.29) is 17.3 Å². The Morgan fingerprint density at radius 1 is 1.19 bits per heavy atom. The van der Waals surface area contributed by atoms with Crippen LogP contribution in [0.25, 0.3) is 0 Å². The fourth-order valence-corrected chi connectivity index (χ4v) is 1.21. The van der Waals surface area contributed by atoms with Gasteiger partial charge in [-0.25, -0.2) is 0 Å². The van der Waals surface area contributed by atoms with Crippen LogP contribution in [0.5, 0.6) is 0 Å². The zero-order valence-corrected chi connectivity index (χ0v) is 9.21. The molecule has 1 aromatic carbocycles. The van der Waals surface area contributed by atoms with Gasteiger partial charge in [0.05, 0.1) is 11.4 Å². The minimum atomic E-state index is -0.513. The summed E-state index contributed by atoms with van der Waals surface area (Å²) in [6, 6.07) is 6.21. The number of primary amides is 1. The molecule has 0 unspecified atom stereocenters. The van der Waals surface area contributed by atoms with Crippen LogP contribution in [0.15, 0.2) is 24.3 Å². The fraction of sp³-hybridized carbons (Fsp3) is 0.100. The van der Waals surface area contributed by atoms with Crippen molar-refractivity contribution in [1.82, 2.24) is 0 Å². The first-order valence-electron chi connectivity index (χ1n) is 4.47. The van der Waals surface area contributed by atoms with E-state index in [1.807, 2.05) is 0 Å². The highest BCUT2D eigenvalue weighted by Crippen LogP contribution is 2.09. The average Bonchev–Trinajstić information content (AvgIpc) is 2.16. The van der Waals surface area contributed by atoms with Crippen LogP contribution in [0, 0.1) is 0 Å². The van der Waals surface area contributed by atoms with Crippen LogP contribution < -0.4 is 16.8 Å². The number of amides is 2. The number of carbonyl (C=O) groups is 2. The Bertz CT molecular complexity index is 428. The van der Waals surface area contributed by atoms with Crippen molar-refractivity contribution in [2.75, 3.05) is 5.32 Å². The molecule has 0 atom stereocenters. The monoisotopic (exact) mass is 237 g/mol. The summed E-state index contributed by atoms with van der Waals surface area (Å²) in [5.41, 5.74) is 11.2. The number of rotatable bonds is 4. The van der Waals surface area contributed by atoms with Crippen molar-refractivity contribution in [3.63, 3.8) is 0 Å². The first kappa shape index (κ1) is 12.1. The highest BCUT2D eigenvalue weighted by atomic mass is 32.1. The molecule has 0 spiro atoms. The SMILES string of the molecule is NC(=O)c1ccc(NC(=O)CC(N)=S)cc1. The largest absolute Gasteiger partial charge is 0.393 e. The summed E-state index contributed by atoms with van der Waals surface area (Å²) in [5.74, 6) is -0.805. The Morgan fingerprint density at radius 2 is 1.75 bits per heavy atom. The van der Waals surface area contributed by atoms with Gasteiger partial charge in [0.15, 0.2) is 0 Å². The highest BCUT2D eigenvalue weighted by Gasteiger charge is 2.04. The van der Waals surface area contributed by atoms with Crippen LogP contribution in [0.2, 0.25) is 0 Å². The molecule has 1 aromatic rings. The Morgan fingerprint density at radius 3 is 2.19 bits per heavy atom. The molecule has 5 N–H and O–H groups in total. The van der Waals surface area contributed by atoms with Gasteiger partial charge >= 0.3 is 0 Å². The van der Waals surface area contributed by atoms with Crippen LogP contribution in [-0.4, -0.2) is 16.8 Å². The van der Waals surface area contributed by atoms with Gasteiger partial charge in [0.2, 0.25) is 11.8 Å². The first-order chi connectivity index (χ1) is 7.49. The standard InChI is InChI=1S/C10H11N3O2S/c11-8(16)5-9(14)13-7-3-1-6(2-4-7)10(12)15/h1-4H,5H2,(H2,11,16)(H2,12,15)(H,13,14). The molecule has 16 heavy (non-hydrogen) atoms. The number of hydrogen-bond acceptors (Lipinski definition) is 3. The smallest absolute Gasteiger partial charge is 0.248 e. The lowest BCUT2D eigenvalue weighted by Gasteiger charge is -2.04. The average molecular weight is 237 g/mol. The molecule has 1 rings (SSSR count). The van der Waals surface area contributed by atoms with Crippen molar-refractivity contribution in [2.45, 2.75) is 6.42 Å². The van der Waals surface area contributed by atoms with Crippen LogP contribution >= 0.6 is 12.2 Å². The lowest BCUT2D eigenvalue weighted by molar-refractivity contribution is -0.115. The molecule has 0 bridgehead atoms. The molecule has 0 heterocycles. The van der Waals surface area contributed by atoms with E-state index >= 15 is 0 Å². The number of nitrogens with two attached hydrogens (primary N) is 2. The number of hydrogen-bond donors (Lipinski definition) is 3. The van der Waals surface area contributed by atoms with Gasteiger partial charge in [0.1, 0.15) is 0 Å². The third-order valence-corrected chi connectivity index (χ3v) is 1.93. The van der Waals surface area contributed by atoms with Gasteiger partial charge in [-0.2, -0.15) is 0 Å². The molecule has 2 amide bonds. The molecule has 0 radical (unpaired) electrons. The number of benzene rings is 1. The minimum absolute atomic E-state index is 0.00704. The molecule has 0 saturated carbocycles. The van der Waals surface area contributed by atoms with Crippen molar-refractivity contribution in [3.05, 3.63) is 29.8 Å². The molecule has 0 saturated heterocycles. The summed E-state index contributed by atoms with van der Waals surface area (Å²) in [4.78, 5) is 22.2. The van der Waals surface area contributed by atoms with E-state index < -0.39 is 5.91 Å². The first-order valence-corrected chi connectivity index (χ1v) is 4.88. The zero-order valence-electron chi connectivity index (χ0n) is 8.40. The quantitative estimate of drug-likeness (QED) is 0.660. The summed E-state index contributed by atoms with van der Waals surface area (Å²) in [7, 11) is 0. The molecule has 84 valence electrons. The second-order valence-electron chi connectivity index (χ2n) is 3.13. The second kappa shape index (κ2) is 5.22. The Hall–Kier alpha value is -1.95. The molecular formula is C10H11N3O2S. The van der Waals surface area contributed by atoms with Gasteiger partial charge in [0.25, 0.3) is 0 Å². The predicted octanol–water partition coefficient (Wildman–Crippen LogP) is 0.400.